The van der Waals surface area contributed by atoms with Crippen molar-refractivity contribution in [1.29, 1.82) is 0 Å². The molecule has 6 nitrogen and oxygen atoms in total. The summed E-state index contributed by atoms with van der Waals surface area (Å²) >= 11 is 0. The number of nitrogens with one attached hydrogen (secondary N) is 1. The monoisotopic (exact) mass is 470 g/mol. The van der Waals surface area contributed by atoms with E-state index in [1.165, 1.54) is 19.1 Å². The average molecular weight is 471 g/mol. The number of carbonyl (C=O) groups is 2. The van der Waals surface area contributed by atoms with Crippen LogP contribution >= 0.6 is 0 Å². The van der Waals surface area contributed by atoms with Gasteiger partial charge in [0, 0.05) is 35.2 Å². The van der Waals surface area contributed by atoms with Crippen molar-refractivity contribution in [2.45, 2.75) is 32.4 Å². The molecule has 0 saturated carbocycles. The molecule has 180 valence electrons. The van der Waals surface area contributed by atoms with Crippen LogP contribution in [0.3, 0.4) is 0 Å². The second kappa shape index (κ2) is 11.3. The Kier molecular flexibility index (Phi) is 8.17. The van der Waals surface area contributed by atoms with Crippen LogP contribution in [-0.4, -0.2) is 31.6 Å². The van der Waals surface area contributed by atoms with E-state index in [4.69, 9.17) is 9.47 Å². The summed E-state index contributed by atoms with van der Waals surface area (Å²) in [4.78, 5) is 28.7. The first-order chi connectivity index (χ1) is 16.7. The molecule has 1 atom stereocenters. The van der Waals surface area contributed by atoms with Crippen LogP contribution < -0.4 is 19.7 Å². The number of hydrogen-bond acceptors (Lipinski definition) is 4. The second-order valence-electron chi connectivity index (χ2n) is 8.91. The van der Waals surface area contributed by atoms with Gasteiger partial charge in [0.05, 0.1) is 19.9 Å². The van der Waals surface area contributed by atoms with Crippen molar-refractivity contribution in [2.75, 3.05) is 19.1 Å². The van der Waals surface area contributed by atoms with Crippen LogP contribution in [0.2, 0.25) is 0 Å². The van der Waals surface area contributed by atoms with Crippen LogP contribution in [0.25, 0.3) is 0 Å². The predicted octanol–water partition coefficient (Wildman–Crippen LogP) is 4.74. The Morgan fingerprint density at radius 2 is 1.40 bits per heavy atom. The predicted molar refractivity (Wildman–Crippen MR) is 137 cm³/mol. The number of nitrogens with zero attached hydrogens (tertiary/aromatic N) is 1. The third-order valence-electron chi connectivity index (χ3n) is 5.04. The molecule has 35 heavy (non-hydrogen) atoms. The van der Waals surface area contributed by atoms with Crippen molar-refractivity contribution in [3.05, 3.63) is 90.0 Å². The van der Waals surface area contributed by atoms with Gasteiger partial charge >= 0.3 is 5.91 Å². The third kappa shape index (κ3) is 6.87. The second-order valence-corrected chi connectivity index (χ2v) is 8.91. The highest BCUT2D eigenvalue weighted by Crippen LogP contribution is 2.34. The van der Waals surface area contributed by atoms with E-state index in [0.29, 0.717) is 28.3 Å². The first kappa shape index (κ1) is 25.4. The van der Waals surface area contributed by atoms with Crippen LogP contribution in [0.15, 0.2) is 78.9 Å². The number of amides is 2. The highest BCUT2D eigenvalue weighted by molar-refractivity contribution is 6.10. The van der Waals surface area contributed by atoms with Gasteiger partial charge in [-0.15, -0.1) is 0 Å². The van der Waals surface area contributed by atoms with Gasteiger partial charge in [-0.1, -0.05) is 54.5 Å². The quantitative estimate of drug-likeness (QED) is 0.528. The molecule has 0 aliphatic carbocycles. The van der Waals surface area contributed by atoms with Gasteiger partial charge < -0.3 is 14.8 Å². The molecule has 0 fully saturated rings. The first-order valence-electron chi connectivity index (χ1n) is 11.2. The van der Waals surface area contributed by atoms with E-state index < -0.39 is 17.5 Å². The Morgan fingerprint density at radius 3 is 1.91 bits per heavy atom. The van der Waals surface area contributed by atoms with E-state index in [9.17, 15) is 9.59 Å². The van der Waals surface area contributed by atoms with Gasteiger partial charge in [0.15, 0.2) is 0 Å². The normalized spacial score (nSPS) is 11.5. The van der Waals surface area contributed by atoms with Gasteiger partial charge in [-0.3, -0.25) is 14.5 Å². The lowest BCUT2D eigenvalue weighted by Gasteiger charge is -2.33. The van der Waals surface area contributed by atoms with Crippen LogP contribution in [0.1, 0.15) is 37.9 Å². The molecule has 0 saturated heterocycles. The maximum Gasteiger partial charge on any atom is 0.304 e. The van der Waals surface area contributed by atoms with Gasteiger partial charge in [-0.2, -0.15) is 0 Å². The maximum atomic E-state index is 13.7. The van der Waals surface area contributed by atoms with E-state index in [1.807, 2.05) is 81.4 Å². The van der Waals surface area contributed by atoms with E-state index in [-0.39, 0.29) is 5.91 Å². The largest absolute Gasteiger partial charge is 0.497 e. The average Bonchev–Trinajstić information content (AvgIpc) is 2.85. The Morgan fingerprint density at radius 1 is 0.857 bits per heavy atom. The number of rotatable bonds is 6. The molecule has 0 heterocycles. The molecule has 1 N–H and O–H groups in total. The van der Waals surface area contributed by atoms with Crippen LogP contribution in [0.5, 0.6) is 11.5 Å². The van der Waals surface area contributed by atoms with Crippen LogP contribution in [0.4, 0.5) is 5.69 Å². The molecule has 0 aromatic heterocycles. The van der Waals surface area contributed by atoms with Gasteiger partial charge in [0.25, 0.3) is 0 Å². The van der Waals surface area contributed by atoms with E-state index in [2.05, 4.69) is 17.2 Å². The molecule has 2 amide bonds. The third-order valence-corrected chi connectivity index (χ3v) is 5.04. The number of carbonyl (C=O) groups excluding carboxylic acids is 2. The number of methoxy groups -OCH3 is 2. The van der Waals surface area contributed by atoms with Crippen molar-refractivity contribution in [3.63, 3.8) is 0 Å². The van der Waals surface area contributed by atoms with Gasteiger partial charge in [-0.05, 0) is 38.5 Å². The molecular weight excluding hydrogens is 440 g/mol. The highest BCUT2D eigenvalue weighted by atomic mass is 16.5. The SMILES string of the molecule is COc1cc(OC)cc(N(C(=O)C#Cc2ccccc2)C(C(=O)NC(C)(C)C)c2ccccc2)c1. The molecule has 0 spiro atoms. The topological polar surface area (TPSA) is 67.9 Å². The summed E-state index contributed by atoms with van der Waals surface area (Å²) in [7, 11) is 3.06. The van der Waals surface area contributed by atoms with Crippen molar-refractivity contribution in [2.24, 2.45) is 0 Å². The minimum atomic E-state index is -0.982. The lowest BCUT2D eigenvalue weighted by Crippen LogP contribution is -2.49. The Bertz CT molecular complexity index is 1200. The lowest BCUT2D eigenvalue weighted by atomic mass is 10.0. The first-order valence-corrected chi connectivity index (χ1v) is 11.2. The number of ether oxygens (including phenoxy) is 2. The zero-order valence-corrected chi connectivity index (χ0v) is 20.7. The minimum absolute atomic E-state index is 0.333. The molecule has 0 radical (unpaired) electrons. The molecule has 3 aromatic rings. The molecular formula is C29H30N2O4. The Balaban J connectivity index is 2.20. The minimum Gasteiger partial charge on any atom is -0.497 e. The van der Waals surface area contributed by atoms with E-state index in [1.54, 1.807) is 18.2 Å². The zero-order valence-electron chi connectivity index (χ0n) is 20.7. The van der Waals surface area contributed by atoms with Crippen molar-refractivity contribution in [1.82, 2.24) is 5.32 Å². The molecule has 0 aliphatic heterocycles. The number of benzene rings is 3. The maximum absolute atomic E-state index is 13.7. The number of hydrogen-bond donors (Lipinski definition) is 1. The molecule has 1 unspecified atom stereocenters. The Hall–Kier alpha value is -4.24. The van der Waals surface area contributed by atoms with E-state index in [0.717, 1.165) is 0 Å². The summed E-state index contributed by atoms with van der Waals surface area (Å²) in [5, 5.41) is 3.01. The summed E-state index contributed by atoms with van der Waals surface area (Å²) in [5.41, 5.74) is 1.25. The van der Waals surface area contributed by atoms with Gasteiger partial charge in [0.2, 0.25) is 5.91 Å². The Labute approximate surface area is 206 Å². The summed E-state index contributed by atoms with van der Waals surface area (Å²) in [6, 6.07) is 22.5. The highest BCUT2D eigenvalue weighted by Gasteiger charge is 2.34. The fourth-order valence-corrected chi connectivity index (χ4v) is 3.51. The zero-order chi connectivity index (χ0) is 25.4. The van der Waals surface area contributed by atoms with Gasteiger partial charge in [0.1, 0.15) is 17.5 Å². The fraction of sp³-hybridized carbons (Fsp3) is 0.241. The molecule has 0 bridgehead atoms. The molecule has 0 aliphatic rings. The summed E-state index contributed by atoms with van der Waals surface area (Å²) < 4.78 is 10.9. The lowest BCUT2D eigenvalue weighted by molar-refractivity contribution is -0.126. The van der Waals surface area contributed by atoms with Gasteiger partial charge in [-0.25, -0.2) is 0 Å². The van der Waals surface area contributed by atoms with Crippen molar-refractivity contribution < 1.29 is 19.1 Å². The van der Waals surface area contributed by atoms with Crippen LogP contribution in [0, 0.1) is 11.8 Å². The summed E-state index contributed by atoms with van der Waals surface area (Å²) in [6.45, 7) is 5.68. The standard InChI is InChI=1S/C29H30N2O4/c1-29(2,3)30-28(33)27(22-14-10-7-11-15-22)31(23-18-24(34-4)20-25(19-23)35-5)26(32)17-16-21-12-8-6-9-13-21/h6-15,18-20,27H,1-5H3,(H,30,33). The molecule has 6 heteroatoms. The molecule has 3 aromatic carbocycles. The number of anilines is 1. The molecule has 3 rings (SSSR count). The summed E-state index contributed by atoms with van der Waals surface area (Å²) in [6.07, 6.45) is 0. The smallest absolute Gasteiger partial charge is 0.304 e. The fourth-order valence-electron chi connectivity index (χ4n) is 3.51. The summed E-state index contributed by atoms with van der Waals surface area (Å²) in [5.74, 6) is 5.72. The van der Waals surface area contributed by atoms with Crippen molar-refractivity contribution in [3.8, 4) is 23.3 Å². The van der Waals surface area contributed by atoms with Crippen molar-refractivity contribution >= 4 is 17.5 Å². The van der Waals surface area contributed by atoms with E-state index >= 15 is 0 Å². The van der Waals surface area contributed by atoms with Crippen LogP contribution in [-0.2, 0) is 9.59 Å².